The van der Waals surface area contributed by atoms with Crippen LogP contribution < -0.4 is 4.74 Å². The predicted octanol–water partition coefficient (Wildman–Crippen LogP) is 10.1. The summed E-state index contributed by atoms with van der Waals surface area (Å²) in [6.07, 6.45) is 14.4. The summed E-state index contributed by atoms with van der Waals surface area (Å²) in [6, 6.07) is 12.4. The van der Waals surface area contributed by atoms with Crippen molar-refractivity contribution < 1.29 is 14.6 Å². The van der Waals surface area contributed by atoms with Crippen LogP contribution in [-0.4, -0.2) is 11.1 Å². The molecule has 0 unspecified atom stereocenters. The Morgan fingerprint density at radius 3 is 1.44 bits per heavy atom. The molecule has 36 heavy (non-hydrogen) atoms. The molecule has 3 nitrogen and oxygen atoms in total. The van der Waals surface area contributed by atoms with E-state index in [0.717, 1.165) is 11.1 Å². The van der Waals surface area contributed by atoms with Crippen LogP contribution in [0.3, 0.4) is 0 Å². The highest BCUT2D eigenvalue weighted by molar-refractivity contribution is 5.91. The number of rotatable bonds is 11. The molecular weight excluding hydrogens is 444 g/mol. The van der Waals surface area contributed by atoms with Crippen molar-refractivity contribution in [1.29, 1.82) is 0 Å². The van der Waals surface area contributed by atoms with E-state index in [-0.39, 0.29) is 16.6 Å². The van der Waals surface area contributed by atoms with Crippen LogP contribution in [0.15, 0.2) is 42.5 Å². The summed E-state index contributed by atoms with van der Waals surface area (Å²) in [5, 5.41) is 10.7. The fourth-order valence-corrected chi connectivity index (χ4v) is 4.11. The Hall–Kier alpha value is -2.29. The van der Waals surface area contributed by atoms with E-state index >= 15 is 0 Å². The van der Waals surface area contributed by atoms with Gasteiger partial charge in [0.25, 0.3) is 0 Å². The lowest BCUT2D eigenvalue weighted by atomic mass is 9.79. The number of aromatic hydroxyl groups is 1. The Morgan fingerprint density at radius 1 is 0.694 bits per heavy atom. The topological polar surface area (TPSA) is 46.5 Å². The zero-order valence-corrected chi connectivity index (χ0v) is 24.4. The second kappa shape index (κ2) is 15.7. The molecule has 202 valence electrons. The molecule has 0 radical (unpaired) electrons. The molecule has 0 bridgehead atoms. The number of carbonyl (C=O) groups is 1. The van der Waals surface area contributed by atoms with Gasteiger partial charge in [0.15, 0.2) is 0 Å². The summed E-state index contributed by atoms with van der Waals surface area (Å²) in [5.74, 6) is 0.326. The lowest BCUT2D eigenvalue weighted by Gasteiger charge is -2.27. The van der Waals surface area contributed by atoms with Crippen molar-refractivity contribution in [3.63, 3.8) is 0 Å². The number of hydrogen-bond acceptors (Lipinski definition) is 3. The third-order valence-corrected chi connectivity index (χ3v) is 6.38. The smallest absolute Gasteiger partial charge is 0.343 e. The highest BCUT2D eigenvalue weighted by Gasteiger charge is 2.27. The SMILES string of the molecule is CC(C)(C)c1cc(OC(=O)c2ccccc2)cc(C(C)(C)C)c1O.CCCCCCCCCCCC. The van der Waals surface area contributed by atoms with E-state index in [1.54, 1.807) is 36.4 Å². The highest BCUT2D eigenvalue weighted by atomic mass is 16.5. The molecule has 0 saturated heterocycles. The first-order chi connectivity index (χ1) is 16.9. The molecule has 3 heteroatoms. The van der Waals surface area contributed by atoms with Crippen molar-refractivity contribution in [1.82, 2.24) is 0 Å². The molecule has 0 fully saturated rings. The van der Waals surface area contributed by atoms with Gasteiger partial charge in [-0.2, -0.15) is 0 Å². The van der Waals surface area contributed by atoms with Gasteiger partial charge in [-0.1, -0.05) is 138 Å². The minimum absolute atomic E-state index is 0.265. The summed E-state index contributed by atoms with van der Waals surface area (Å²) < 4.78 is 5.58. The van der Waals surface area contributed by atoms with Crippen LogP contribution in [0.1, 0.15) is 141 Å². The van der Waals surface area contributed by atoms with Crippen LogP contribution in [0.2, 0.25) is 0 Å². The molecule has 0 spiro atoms. The molecule has 0 aromatic heterocycles. The number of hydrogen-bond donors (Lipinski definition) is 1. The average molecular weight is 497 g/mol. The largest absolute Gasteiger partial charge is 0.507 e. The number of unbranched alkanes of at least 4 members (excludes halogenated alkanes) is 9. The van der Waals surface area contributed by atoms with Crippen LogP contribution in [-0.2, 0) is 10.8 Å². The maximum absolute atomic E-state index is 12.3. The summed E-state index contributed by atoms with van der Waals surface area (Å²) in [7, 11) is 0. The Kier molecular flexibility index (Phi) is 13.9. The zero-order valence-electron chi connectivity index (χ0n) is 24.4. The molecule has 2 aromatic rings. The van der Waals surface area contributed by atoms with Crippen molar-refractivity contribution >= 4 is 5.97 Å². The maximum atomic E-state index is 12.3. The molecule has 0 atom stereocenters. The van der Waals surface area contributed by atoms with Gasteiger partial charge in [0.2, 0.25) is 0 Å². The monoisotopic (exact) mass is 496 g/mol. The van der Waals surface area contributed by atoms with Gasteiger partial charge >= 0.3 is 5.97 Å². The van der Waals surface area contributed by atoms with Crippen molar-refractivity contribution in [3.8, 4) is 11.5 Å². The zero-order chi connectivity index (χ0) is 27.2. The van der Waals surface area contributed by atoms with E-state index in [4.69, 9.17) is 4.74 Å². The van der Waals surface area contributed by atoms with Gasteiger partial charge < -0.3 is 9.84 Å². The Labute approximate surface area is 221 Å². The average Bonchev–Trinajstić information content (AvgIpc) is 2.81. The third-order valence-electron chi connectivity index (χ3n) is 6.38. The van der Waals surface area contributed by atoms with Crippen LogP contribution in [0.25, 0.3) is 0 Å². The first-order valence-corrected chi connectivity index (χ1v) is 14.1. The van der Waals surface area contributed by atoms with Crippen LogP contribution >= 0.6 is 0 Å². The molecule has 0 aliphatic carbocycles. The Balaban J connectivity index is 0.000000457. The number of esters is 1. The second-order valence-electron chi connectivity index (χ2n) is 12.0. The van der Waals surface area contributed by atoms with Crippen molar-refractivity contribution in [2.75, 3.05) is 0 Å². The number of phenols is 1. The van der Waals surface area contributed by atoms with Gasteiger partial charge in [-0.25, -0.2) is 4.79 Å². The van der Waals surface area contributed by atoms with E-state index in [2.05, 4.69) is 13.8 Å². The Morgan fingerprint density at radius 2 is 1.08 bits per heavy atom. The molecule has 2 rings (SSSR count). The fourth-order valence-electron chi connectivity index (χ4n) is 4.11. The summed E-state index contributed by atoms with van der Waals surface area (Å²) in [4.78, 5) is 12.3. The summed E-state index contributed by atoms with van der Waals surface area (Å²) in [5.41, 5.74) is 1.51. The molecule has 1 N–H and O–H groups in total. The first-order valence-electron chi connectivity index (χ1n) is 14.1. The van der Waals surface area contributed by atoms with E-state index in [1.165, 1.54) is 64.2 Å². The molecule has 0 saturated carbocycles. The molecule has 2 aromatic carbocycles. The van der Waals surface area contributed by atoms with Gasteiger partial charge in [0, 0.05) is 11.1 Å². The lowest BCUT2D eigenvalue weighted by Crippen LogP contribution is -2.18. The molecule has 0 aliphatic rings. The van der Waals surface area contributed by atoms with Crippen molar-refractivity contribution in [3.05, 3.63) is 59.2 Å². The number of ether oxygens (including phenoxy) is 1. The van der Waals surface area contributed by atoms with Gasteiger partial charge in [-0.05, 0) is 35.1 Å². The van der Waals surface area contributed by atoms with Gasteiger partial charge in [-0.15, -0.1) is 0 Å². The summed E-state index contributed by atoms with van der Waals surface area (Å²) in [6.45, 7) is 16.7. The normalized spacial score (nSPS) is 11.6. The number of benzene rings is 2. The van der Waals surface area contributed by atoms with Crippen molar-refractivity contribution in [2.24, 2.45) is 0 Å². The van der Waals surface area contributed by atoms with Gasteiger partial charge in [0.05, 0.1) is 5.56 Å². The minimum Gasteiger partial charge on any atom is -0.507 e. The number of phenolic OH excluding ortho intramolecular Hbond substituents is 1. The lowest BCUT2D eigenvalue weighted by molar-refractivity contribution is 0.0734. The Bertz CT molecular complexity index is 840. The van der Waals surface area contributed by atoms with E-state index in [1.807, 2.05) is 47.6 Å². The number of carbonyl (C=O) groups excluding carboxylic acids is 1. The third kappa shape index (κ3) is 11.6. The van der Waals surface area contributed by atoms with Crippen LogP contribution in [0, 0.1) is 0 Å². The van der Waals surface area contributed by atoms with E-state index in [9.17, 15) is 9.90 Å². The standard InChI is InChI=1S/C21H26O3.C12H26/c1-20(2,3)16-12-15(13-17(18(16)22)21(4,5)6)24-19(23)14-10-8-7-9-11-14;1-3-5-7-9-11-12-10-8-6-4-2/h7-13,22H,1-6H3;3-12H2,1-2H3. The van der Waals surface area contributed by atoms with E-state index in [0.29, 0.717) is 11.3 Å². The minimum atomic E-state index is -0.402. The maximum Gasteiger partial charge on any atom is 0.343 e. The second-order valence-corrected chi connectivity index (χ2v) is 12.0. The predicted molar refractivity (Wildman–Crippen MR) is 154 cm³/mol. The molecule has 0 heterocycles. The molecule has 0 amide bonds. The highest BCUT2D eigenvalue weighted by Crippen LogP contribution is 2.41. The van der Waals surface area contributed by atoms with Crippen molar-refractivity contribution in [2.45, 2.75) is 130 Å². The quantitative estimate of drug-likeness (QED) is 0.191. The first kappa shape index (κ1) is 31.7. The molecule has 0 aliphatic heterocycles. The molecular formula is C33H52O3. The van der Waals surface area contributed by atoms with Gasteiger partial charge in [-0.3, -0.25) is 0 Å². The summed E-state index contributed by atoms with van der Waals surface area (Å²) >= 11 is 0. The van der Waals surface area contributed by atoms with Crippen LogP contribution in [0.5, 0.6) is 11.5 Å². The van der Waals surface area contributed by atoms with E-state index < -0.39 is 5.97 Å². The van der Waals surface area contributed by atoms with Crippen LogP contribution in [0.4, 0.5) is 0 Å². The van der Waals surface area contributed by atoms with Gasteiger partial charge in [0.1, 0.15) is 11.5 Å². The fraction of sp³-hybridized carbons (Fsp3) is 0.606.